The van der Waals surface area contributed by atoms with E-state index in [2.05, 4.69) is 0 Å². The van der Waals surface area contributed by atoms with Gasteiger partial charge in [0.05, 0.1) is 13.5 Å². The Kier molecular flexibility index (Phi) is 5.81. The monoisotopic (exact) mass is 488 g/mol. The zero-order chi connectivity index (χ0) is 25.4. The molecule has 4 aromatic rings. The highest BCUT2D eigenvalue weighted by Gasteiger charge is 2.34. The maximum absolute atomic E-state index is 13.0. The normalized spacial score (nSPS) is 14.7. The number of rotatable bonds is 6. The van der Waals surface area contributed by atoms with Gasteiger partial charge in [0.2, 0.25) is 0 Å². The maximum Gasteiger partial charge on any atom is 0.341 e. The Morgan fingerprint density at radius 1 is 1.06 bits per heavy atom. The summed E-state index contributed by atoms with van der Waals surface area (Å²) in [4.78, 5) is 36.4. The molecule has 3 aromatic carbocycles. The molecule has 1 aliphatic heterocycles. The number of aromatic hydroxyl groups is 1. The summed E-state index contributed by atoms with van der Waals surface area (Å²) in [6.07, 6.45) is -0.0648. The third-order valence-corrected chi connectivity index (χ3v) is 5.92. The van der Waals surface area contributed by atoms with Crippen LogP contribution >= 0.6 is 0 Å². The minimum Gasteiger partial charge on any atom is -0.507 e. The molecule has 5 rings (SSSR count). The smallest absolute Gasteiger partial charge is 0.341 e. The molecule has 2 heterocycles. The molecule has 0 fully saturated rings. The number of hydrogen-bond donors (Lipinski definition) is 2. The minimum atomic E-state index is -1.14. The van der Waals surface area contributed by atoms with E-state index in [-0.39, 0.29) is 40.4 Å². The van der Waals surface area contributed by atoms with Crippen LogP contribution < -0.4 is 19.6 Å². The highest BCUT2D eigenvalue weighted by molar-refractivity contribution is 5.93. The number of hydrogen-bond acceptors (Lipinski definition) is 8. The fourth-order valence-electron chi connectivity index (χ4n) is 4.35. The van der Waals surface area contributed by atoms with Crippen molar-refractivity contribution in [1.29, 1.82) is 0 Å². The number of carbonyl (C=O) groups is 2. The van der Waals surface area contributed by atoms with Crippen LogP contribution in [0.5, 0.6) is 23.0 Å². The van der Waals surface area contributed by atoms with Gasteiger partial charge in [-0.1, -0.05) is 36.4 Å². The van der Waals surface area contributed by atoms with Crippen molar-refractivity contribution in [2.24, 2.45) is 0 Å². The van der Waals surface area contributed by atoms with Crippen molar-refractivity contribution < 1.29 is 38.4 Å². The van der Waals surface area contributed by atoms with Crippen LogP contribution in [0.3, 0.4) is 0 Å². The van der Waals surface area contributed by atoms with Crippen molar-refractivity contribution in [1.82, 2.24) is 0 Å². The zero-order valence-corrected chi connectivity index (χ0v) is 19.0. The average molecular weight is 488 g/mol. The lowest BCUT2D eigenvalue weighted by atomic mass is 9.85. The first-order chi connectivity index (χ1) is 17.4. The lowest BCUT2D eigenvalue weighted by Crippen LogP contribution is -2.22. The molecule has 0 spiro atoms. The molecule has 0 radical (unpaired) electrons. The number of carboxylic acids is 1. The summed E-state index contributed by atoms with van der Waals surface area (Å²) >= 11 is 0. The van der Waals surface area contributed by atoms with Gasteiger partial charge in [0.1, 0.15) is 28.2 Å². The van der Waals surface area contributed by atoms with Crippen molar-refractivity contribution >= 4 is 22.9 Å². The summed E-state index contributed by atoms with van der Waals surface area (Å²) < 4.78 is 22.2. The summed E-state index contributed by atoms with van der Waals surface area (Å²) in [6.45, 7) is -0.550. The Morgan fingerprint density at radius 2 is 1.83 bits per heavy atom. The van der Waals surface area contributed by atoms with Gasteiger partial charge in [-0.05, 0) is 17.7 Å². The molecule has 1 atom stereocenters. The largest absolute Gasteiger partial charge is 0.507 e. The third kappa shape index (κ3) is 4.11. The standard InChI is InChI=1S/C27H20O9/c1-33-21-9-15(7-8-19(21)34-13-23(30)31)16-10-24(32)35-22-12-18(29)26-17(28)11-20(36-27(26)25(16)22)14-5-3-2-4-6-14/h2-9,11-12,16,29H,10,13H2,1H3,(H,30,31)/t16-/m1/s1. The second-order valence-corrected chi connectivity index (χ2v) is 8.18. The maximum atomic E-state index is 13.0. The van der Waals surface area contributed by atoms with E-state index in [0.29, 0.717) is 22.5 Å². The van der Waals surface area contributed by atoms with Gasteiger partial charge in [0, 0.05) is 29.2 Å². The number of methoxy groups -OCH3 is 1. The molecule has 9 heteroatoms. The van der Waals surface area contributed by atoms with Gasteiger partial charge < -0.3 is 28.8 Å². The van der Waals surface area contributed by atoms with E-state index in [1.165, 1.54) is 19.2 Å². The van der Waals surface area contributed by atoms with Crippen LogP contribution in [0.1, 0.15) is 23.5 Å². The number of aliphatic carboxylic acids is 1. The quantitative estimate of drug-likeness (QED) is 0.304. The van der Waals surface area contributed by atoms with Crippen molar-refractivity contribution in [3.8, 4) is 34.3 Å². The Bertz CT molecular complexity index is 1550. The lowest BCUT2D eigenvalue weighted by Gasteiger charge is -2.26. The molecular weight excluding hydrogens is 468 g/mol. The number of carboxylic acid groups (broad SMARTS) is 1. The van der Waals surface area contributed by atoms with Gasteiger partial charge in [-0.15, -0.1) is 0 Å². The van der Waals surface area contributed by atoms with E-state index >= 15 is 0 Å². The Labute approximate surface area is 204 Å². The van der Waals surface area contributed by atoms with Crippen LogP contribution in [0.2, 0.25) is 0 Å². The third-order valence-electron chi connectivity index (χ3n) is 5.92. The van der Waals surface area contributed by atoms with Crippen molar-refractivity contribution in [3.05, 3.63) is 82.0 Å². The first kappa shape index (κ1) is 23.0. The van der Waals surface area contributed by atoms with Crippen LogP contribution in [-0.2, 0) is 9.59 Å². The fraction of sp³-hybridized carbons (Fsp3) is 0.148. The molecule has 9 nitrogen and oxygen atoms in total. The average Bonchev–Trinajstić information content (AvgIpc) is 2.86. The van der Waals surface area contributed by atoms with E-state index in [4.69, 9.17) is 23.7 Å². The summed E-state index contributed by atoms with van der Waals surface area (Å²) in [6, 6.07) is 16.4. The fourth-order valence-corrected chi connectivity index (χ4v) is 4.35. The number of benzene rings is 3. The van der Waals surface area contributed by atoms with E-state index < -0.39 is 29.9 Å². The summed E-state index contributed by atoms with van der Waals surface area (Å²) in [7, 11) is 1.41. The SMILES string of the molecule is COc1cc([C@H]2CC(=O)Oc3cc(O)c4c(=O)cc(-c5ccccc5)oc4c32)ccc1OCC(=O)O. The van der Waals surface area contributed by atoms with Gasteiger partial charge >= 0.3 is 11.9 Å². The summed E-state index contributed by atoms with van der Waals surface area (Å²) in [5.41, 5.74) is 1.38. The Hall–Kier alpha value is -4.79. The Balaban J connectivity index is 1.71. The highest BCUT2D eigenvalue weighted by Crippen LogP contribution is 2.47. The molecule has 1 aromatic heterocycles. The van der Waals surface area contributed by atoms with E-state index in [9.17, 15) is 19.5 Å². The molecule has 0 bridgehead atoms. The molecule has 0 aliphatic carbocycles. The van der Waals surface area contributed by atoms with Gasteiger partial charge in [-0.25, -0.2) is 4.79 Å². The molecule has 36 heavy (non-hydrogen) atoms. The molecular formula is C27H20O9. The van der Waals surface area contributed by atoms with Crippen LogP contribution in [0, 0.1) is 0 Å². The molecule has 0 amide bonds. The van der Waals surface area contributed by atoms with Gasteiger partial charge in [-0.2, -0.15) is 0 Å². The Morgan fingerprint density at radius 3 is 2.56 bits per heavy atom. The number of phenols is 1. The second kappa shape index (κ2) is 9.10. The highest BCUT2D eigenvalue weighted by atomic mass is 16.5. The van der Waals surface area contributed by atoms with Crippen molar-refractivity contribution in [2.45, 2.75) is 12.3 Å². The van der Waals surface area contributed by atoms with E-state index in [1.807, 2.05) is 18.2 Å². The number of fused-ring (bicyclic) bond motifs is 3. The zero-order valence-electron chi connectivity index (χ0n) is 19.0. The van der Waals surface area contributed by atoms with Crippen molar-refractivity contribution in [3.63, 3.8) is 0 Å². The van der Waals surface area contributed by atoms with Crippen LogP contribution in [0.25, 0.3) is 22.3 Å². The first-order valence-corrected chi connectivity index (χ1v) is 11.0. The molecule has 0 unspecified atom stereocenters. The van der Waals surface area contributed by atoms with Gasteiger partial charge in [-0.3, -0.25) is 9.59 Å². The van der Waals surface area contributed by atoms with E-state index in [0.717, 1.165) is 0 Å². The molecule has 182 valence electrons. The number of ether oxygens (including phenoxy) is 3. The van der Waals surface area contributed by atoms with Crippen molar-refractivity contribution in [2.75, 3.05) is 13.7 Å². The molecule has 0 saturated carbocycles. The predicted octanol–water partition coefficient (Wildman–Crippen LogP) is 4.08. The van der Waals surface area contributed by atoms with E-state index in [1.54, 1.807) is 30.3 Å². The lowest BCUT2D eigenvalue weighted by molar-refractivity contribution is -0.139. The summed E-state index contributed by atoms with van der Waals surface area (Å²) in [5.74, 6) is -1.77. The number of esters is 1. The van der Waals surface area contributed by atoms with Crippen LogP contribution in [0.4, 0.5) is 0 Å². The summed E-state index contributed by atoms with van der Waals surface area (Å²) in [5, 5.41) is 19.5. The predicted molar refractivity (Wildman–Crippen MR) is 128 cm³/mol. The molecule has 2 N–H and O–H groups in total. The number of phenolic OH excluding ortho intramolecular Hbond substituents is 1. The van der Waals surface area contributed by atoms with Gasteiger partial charge in [0.25, 0.3) is 0 Å². The second-order valence-electron chi connectivity index (χ2n) is 8.18. The van der Waals surface area contributed by atoms with Gasteiger partial charge in [0.15, 0.2) is 23.5 Å². The minimum absolute atomic E-state index is 0.0234. The first-order valence-electron chi connectivity index (χ1n) is 11.0. The number of carbonyl (C=O) groups excluding carboxylic acids is 1. The molecule has 0 saturated heterocycles. The van der Waals surface area contributed by atoms with Crippen LogP contribution in [0.15, 0.2) is 69.9 Å². The van der Waals surface area contributed by atoms with Crippen LogP contribution in [-0.4, -0.2) is 35.9 Å². The topological polar surface area (TPSA) is 132 Å². The molecule has 1 aliphatic rings.